The molecule has 0 aromatic carbocycles. The van der Waals surface area contributed by atoms with E-state index in [0.717, 1.165) is 24.4 Å². The second-order valence-corrected chi connectivity index (χ2v) is 6.60. The van der Waals surface area contributed by atoms with Crippen LogP contribution in [-0.4, -0.2) is 59.1 Å². The van der Waals surface area contributed by atoms with Crippen molar-refractivity contribution in [3.63, 3.8) is 0 Å². The second-order valence-electron chi connectivity index (χ2n) is 6.60. The van der Waals surface area contributed by atoms with E-state index in [1.807, 2.05) is 39.5 Å². The van der Waals surface area contributed by atoms with Crippen molar-refractivity contribution in [1.29, 1.82) is 0 Å². The number of nitrogens with zero attached hydrogens (tertiary/aromatic N) is 2. The number of furan rings is 1. The van der Waals surface area contributed by atoms with E-state index in [9.17, 15) is 9.90 Å². The summed E-state index contributed by atoms with van der Waals surface area (Å²) < 4.78 is 5.55. The minimum Gasteiger partial charge on any atom is -0.466 e. The highest BCUT2D eigenvalue weighted by Gasteiger charge is 2.28. The maximum atomic E-state index is 12.6. The van der Waals surface area contributed by atoms with Crippen LogP contribution in [0.2, 0.25) is 0 Å². The van der Waals surface area contributed by atoms with Gasteiger partial charge in [0, 0.05) is 38.3 Å². The summed E-state index contributed by atoms with van der Waals surface area (Å²) in [6.45, 7) is 12.9. The monoisotopic (exact) mass is 294 g/mol. The van der Waals surface area contributed by atoms with Crippen molar-refractivity contribution >= 4 is 5.91 Å². The fourth-order valence-corrected chi connectivity index (χ4v) is 2.92. The van der Waals surface area contributed by atoms with E-state index in [2.05, 4.69) is 4.90 Å². The van der Waals surface area contributed by atoms with E-state index in [1.54, 1.807) is 0 Å². The Morgan fingerprint density at radius 1 is 1.14 bits per heavy atom. The number of amides is 1. The molecule has 0 saturated carbocycles. The van der Waals surface area contributed by atoms with E-state index in [4.69, 9.17) is 4.42 Å². The molecule has 0 spiro atoms. The quantitative estimate of drug-likeness (QED) is 0.922. The number of aliphatic hydroxyl groups is 1. The summed E-state index contributed by atoms with van der Waals surface area (Å²) >= 11 is 0. The van der Waals surface area contributed by atoms with Crippen molar-refractivity contribution in [3.8, 4) is 0 Å². The fraction of sp³-hybridized carbons (Fsp3) is 0.688. The number of carbonyl (C=O) groups excluding carboxylic acids is 1. The van der Waals surface area contributed by atoms with E-state index in [-0.39, 0.29) is 5.91 Å². The zero-order valence-corrected chi connectivity index (χ0v) is 13.7. The lowest BCUT2D eigenvalue weighted by molar-refractivity contribution is 0.0178. The van der Waals surface area contributed by atoms with Gasteiger partial charge in [-0.3, -0.25) is 9.69 Å². The molecular formula is C16H26N2O3. The molecule has 1 fully saturated rings. The maximum Gasteiger partial charge on any atom is 0.257 e. The summed E-state index contributed by atoms with van der Waals surface area (Å²) in [4.78, 5) is 16.7. The average Bonchev–Trinajstić information content (AvgIpc) is 2.61. The molecule has 1 amide bonds. The largest absolute Gasteiger partial charge is 0.466 e. The summed E-state index contributed by atoms with van der Waals surface area (Å²) in [7, 11) is 0. The van der Waals surface area contributed by atoms with Crippen molar-refractivity contribution < 1.29 is 14.3 Å². The summed E-state index contributed by atoms with van der Waals surface area (Å²) in [6, 6.07) is 0. The number of hydrogen-bond acceptors (Lipinski definition) is 4. The highest BCUT2D eigenvalue weighted by atomic mass is 16.3. The van der Waals surface area contributed by atoms with Crippen LogP contribution in [0.15, 0.2) is 4.42 Å². The molecule has 1 N–H and O–H groups in total. The Labute approximate surface area is 126 Å². The summed E-state index contributed by atoms with van der Waals surface area (Å²) in [5, 5.41) is 9.86. The first kappa shape index (κ1) is 16.0. The Hall–Kier alpha value is -1.33. The summed E-state index contributed by atoms with van der Waals surface area (Å²) in [6.07, 6.45) is 0. The fourth-order valence-electron chi connectivity index (χ4n) is 2.92. The molecule has 5 heteroatoms. The number of rotatable bonds is 3. The lowest BCUT2D eigenvalue weighted by Gasteiger charge is -2.37. The van der Waals surface area contributed by atoms with Crippen LogP contribution in [0, 0.1) is 20.8 Å². The first-order valence-electron chi connectivity index (χ1n) is 7.49. The molecule has 1 aliphatic rings. The van der Waals surface area contributed by atoms with Crippen LogP contribution >= 0.6 is 0 Å². The lowest BCUT2D eigenvalue weighted by Crippen LogP contribution is -2.52. The molecule has 5 nitrogen and oxygen atoms in total. The van der Waals surface area contributed by atoms with Gasteiger partial charge in [-0.25, -0.2) is 0 Å². The van der Waals surface area contributed by atoms with Crippen molar-refractivity contribution in [3.05, 3.63) is 22.6 Å². The smallest absolute Gasteiger partial charge is 0.257 e. The SMILES string of the molecule is Cc1oc(C)c(C(=O)N2CCN(CC(C)(C)O)CC2)c1C. The zero-order chi connectivity index (χ0) is 15.8. The van der Waals surface area contributed by atoms with Crippen LogP contribution in [0.25, 0.3) is 0 Å². The molecule has 0 radical (unpaired) electrons. The summed E-state index contributed by atoms with van der Waals surface area (Å²) in [5.74, 6) is 1.58. The molecule has 0 atom stereocenters. The minimum atomic E-state index is -0.693. The number of β-amino-alcohol motifs (C(OH)–C–C–N with tert-alkyl or cyclic N) is 1. The Morgan fingerprint density at radius 2 is 1.71 bits per heavy atom. The molecule has 21 heavy (non-hydrogen) atoms. The Balaban J connectivity index is 2.01. The Morgan fingerprint density at radius 3 is 2.14 bits per heavy atom. The van der Waals surface area contributed by atoms with E-state index < -0.39 is 5.60 Å². The second kappa shape index (κ2) is 5.81. The molecular weight excluding hydrogens is 268 g/mol. The van der Waals surface area contributed by atoms with Gasteiger partial charge in [0.15, 0.2) is 0 Å². The predicted octanol–water partition coefficient (Wildman–Crippen LogP) is 1.73. The van der Waals surface area contributed by atoms with Crippen LogP contribution in [0.5, 0.6) is 0 Å². The number of piperazine rings is 1. The topological polar surface area (TPSA) is 56.9 Å². The van der Waals surface area contributed by atoms with Crippen LogP contribution < -0.4 is 0 Å². The number of aryl methyl sites for hydroxylation is 2. The molecule has 1 saturated heterocycles. The van der Waals surface area contributed by atoms with Gasteiger partial charge in [0.1, 0.15) is 11.5 Å². The number of hydrogen-bond donors (Lipinski definition) is 1. The van der Waals surface area contributed by atoms with Gasteiger partial charge in [0.2, 0.25) is 0 Å². The van der Waals surface area contributed by atoms with Gasteiger partial charge >= 0.3 is 0 Å². The highest BCUT2D eigenvalue weighted by Crippen LogP contribution is 2.23. The first-order chi connectivity index (χ1) is 9.69. The van der Waals surface area contributed by atoms with E-state index in [1.165, 1.54) is 0 Å². The van der Waals surface area contributed by atoms with Gasteiger partial charge in [-0.1, -0.05) is 0 Å². The molecule has 1 aromatic heterocycles. The minimum absolute atomic E-state index is 0.0600. The van der Waals surface area contributed by atoms with E-state index >= 15 is 0 Å². The van der Waals surface area contributed by atoms with Crippen molar-refractivity contribution in [2.45, 2.75) is 40.2 Å². The zero-order valence-electron chi connectivity index (χ0n) is 13.7. The normalized spacial score (nSPS) is 17.3. The lowest BCUT2D eigenvalue weighted by atomic mass is 10.1. The molecule has 2 heterocycles. The third kappa shape index (κ3) is 3.66. The third-order valence-electron chi connectivity index (χ3n) is 4.05. The highest BCUT2D eigenvalue weighted by molar-refractivity contribution is 5.97. The van der Waals surface area contributed by atoms with Gasteiger partial charge in [-0.15, -0.1) is 0 Å². The molecule has 1 aliphatic heterocycles. The van der Waals surface area contributed by atoms with Crippen LogP contribution in [0.4, 0.5) is 0 Å². The number of carbonyl (C=O) groups is 1. The Kier molecular flexibility index (Phi) is 4.44. The van der Waals surface area contributed by atoms with Gasteiger partial charge in [0.05, 0.1) is 11.2 Å². The third-order valence-corrected chi connectivity index (χ3v) is 4.05. The molecule has 0 unspecified atom stereocenters. The summed E-state index contributed by atoms with van der Waals surface area (Å²) in [5.41, 5.74) is 0.959. The first-order valence-corrected chi connectivity index (χ1v) is 7.49. The van der Waals surface area contributed by atoms with Crippen LogP contribution in [-0.2, 0) is 0 Å². The molecule has 0 bridgehead atoms. The molecule has 0 aliphatic carbocycles. The predicted molar refractivity (Wildman–Crippen MR) is 81.6 cm³/mol. The van der Waals surface area contributed by atoms with Gasteiger partial charge < -0.3 is 14.4 Å². The standard InChI is InChI=1S/C16H26N2O3/c1-11-12(2)21-13(3)14(11)15(19)18-8-6-17(7-9-18)10-16(4,5)20/h20H,6-10H2,1-5H3. The van der Waals surface area contributed by atoms with Crippen LogP contribution in [0.3, 0.4) is 0 Å². The Bertz CT molecular complexity index is 520. The molecule has 2 rings (SSSR count). The maximum absolute atomic E-state index is 12.6. The van der Waals surface area contributed by atoms with Crippen molar-refractivity contribution in [2.24, 2.45) is 0 Å². The van der Waals surface area contributed by atoms with Crippen molar-refractivity contribution in [2.75, 3.05) is 32.7 Å². The molecule has 118 valence electrons. The average molecular weight is 294 g/mol. The van der Waals surface area contributed by atoms with Crippen LogP contribution in [0.1, 0.15) is 41.3 Å². The van der Waals surface area contributed by atoms with Gasteiger partial charge in [-0.2, -0.15) is 0 Å². The molecule has 1 aromatic rings. The van der Waals surface area contributed by atoms with Gasteiger partial charge in [-0.05, 0) is 34.6 Å². The van der Waals surface area contributed by atoms with Gasteiger partial charge in [0.25, 0.3) is 5.91 Å². The van der Waals surface area contributed by atoms with Crippen molar-refractivity contribution in [1.82, 2.24) is 9.80 Å². The van der Waals surface area contributed by atoms with E-state index in [0.29, 0.717) is 31.0 Å².